The molecule has 0 atom stereocenters. The molecular formula is C7H3BrClNO2S. The van der Waals surface area contributed by atoms with Crippen molar-refractivity contribution >= 4 is 35.7 Å². The zero-order valence-electron chi connectivity index (χ0n) is 6.16. The van der Waals surface area contributed by atoms with Crippen LogP contribution in [0.4, 0.5) is 0 Å². The van der Waals surface area contributed by atoms with Crippen molar-refractivity contribution in [3.8, 4) is 6.07 Å². The van der Waals surface area contributed by atoms with Crippen molar-refractivity contribution < 1.29 is 8.42 Å². The van der Waals surface area contributed by atoms with E-state index in [1.807, 2.05) is 0 Å². The molecule has 0 radical (unpaired) electrons. The van der Waals surface area contributed by atoms with Gasteiger partial charge in [-0.25, -0.2) is 8.42 Å². The summed E-state index contributed by atoms with van der Waals surface area (Å²) >= 11 is 3.05. The minimum Gasteiger partial charge on any atom is -0.207 e. The van der Waals surface area contributed by atoms with Crippen LogP contribution in [0, 0.1) is 11.3 Å². The van der Waals surface area contributed by atoms with E-state index in [1.165, 1.54) is 12.1 Å². The third-order valence-electron chi connectivity index (χ3n) is 1.35. The average Bonchev–Trinajstić information content (AvgIpc) is 2.02. The average molecular weight is 281 g/mol. The molecule has 0 unspecified atom stereocenters. The molecule has 0 aliphatic rings. The molecule has 0 spiro atoms. The maximum atomic E-state index is 11.0. The van der Waals surface area contributed by atoms with Gasteiger partial charge in [0.15, 0.2) is 0 Å². The fourth-order valence-corrected chi connectivity index (χ4v) is 2.43. The fraction of sp³-hybridized carbons (Fsp3) is 0. The van der Waals surface area contributed by atoms with Crippen molar-refractivity contribution in [1.82, 2.24) is 0 Å². The van der Waals surface area contributed by atoms with Crippen molar-refractivity contribution in [2.45, 2.75) is 4.90 Å². The topological polar surface area (TPSA) is 57.9 Å². The van der Waals surface area contributed by atoms with E-state index in [0.29, 0.717) is 4.47 Å². The van der Waals surface area contributed by atoms with Gasteiger partial charge in [0.2, 0.25) is 0 Å². The van der Waals surface area contributed by atoms with Gasteiger partial charge in [-0.1, -0.05) is 6.07 Å². The van der Waals surface area contributed by atoms with Gasteiger partial charge in [0.1, 0.15) is 11.0 Å². The number of hydrogen-bond donors (Lipinski definition) is 0. The summed E-state index contributed by atoms with van der Waals surface area (Å²) in [5, 5.41) is 8.66. The quantitative estimate of drug-likeness (QED) is 0.741. The van der Waals surface area contributed by atoms with Crippen molar-refractivity contribution in [3.05, 3.63) is 28.2 Å². The minimum absolute atomic E-state index is 0.0255. The third kappa shape index (κ3) is 2.21. The highest BCUT2D eigenvalue weighted by molar-refractivity contribution is 9.10. The van der Waals surface area contributed by atoms with Crippen LogP contribution >= 0.6 is 26.6 Å². The molecule has 1 rings (SSSR count). The molecule has 1 aromatic rings. The summed E-state index contributed by atoms with van der Waals surface area (Å²) in [7, 11) is 1.27. The highest BCUT2D eigenvalue weighted by Gasteiger charge is 2.16. The number of hydrogen-bond acceptors (Lipinski definition) is 3. The molecule has 13 heavy (non-hydrogen) atoms. The molecule has 0 aliphatic carbocycles. The highest BCUT2D eigenvalue weighted by atomic mass is 79.9. The summed E-state index contributed by atoms with van der Waals surface area (Å²) in [4.78, 5) is -0.175. The van der Waals surface area contributed by atoms with Crippen LogP contribution < -0.4 is 0 Å². The molecule has 0 saturated heterocycles. The number of benzene rings is 1. The van der Waals surface area contributed by atoms with Crippen molar-refractivity contribution in [2.75, 3.05) is 0 Å². The van der Waals surface area contributed by atoms with Gasteiger partial charge >= 0.3 is 0 Å². The first-order chi connectivity index (χ1) is 5.96. The van der Waals surface area contributed by atoms with Crippen LogP contribution in [0.15, 0.2) is 27.6 Å². The lowest BCUT2D eigenvalue weighted by molar-refractivity contribution is 0.609. The summed E-state index contributed by atoms with van der Waals surface area (Å²) in [5.74, 6) is 0. The molecule has 0 aliphatic heterocycles. The molecule has 0 amide bonds. The molecular weight excluding hydrogens is 278 g/mol. The maximum Gasteiger partial charge on any atom is 0.262 e. The van der Waals surface area contributed by atoms with E-state index >= 15 is 0 Å². The maximum absolute atomic E-state index is 11.0. The van der Waals surface area contributed by atoms with Gasteiger partial charge in [-0.2, -0.15) is 5.26 Å². The Morgan fingerprint density at radius 3 is 2.46 bits per heavy atom. The first kappa shape index (κ1) is 10.5. The Morgan fingerprint density at radius 2 is 2.08 bits per heavy atom. The van der Waals surface area contributed by atoms with Crippen molar-refractivity contribution in [3.63, 3.8) is 0 Å². The second-order valence-electron chi connectivity index (χ2n) is 2.16. The minimum atomic E-state index is -3.85. The van der Waals surface area contributed by atoms with Gasteiger partial charge in [0.05, 0.1) is 5.56 Å². The second-order valence-corrected chi connectivity index (χ2v) is 5.55. The van der Waals surface area contributed by atoms with Gasteiger partial charge in [0.25, 0.3) is 9.05 Å². The summed E-state index contributed by atoms with van der Waals surface area (Å²) in [6.45, 7) is 0. The summed E-state index contributed by atoms with van der Waals surface area (Å²) in [6.07, 6.45) is 0. The molecule has 0 heterocycles. The Morgan fingerprint density at radius 1 is 1.46 bits per heavy atom. The summed E-state index contributed by atoms with van der Waals surface area (Å²) in [5.41, 5.74) is 0.0255. The lowest BCUT2D eigenvalue weighted by Gasteiger charge is -2.00. The van der Waals surface area contributed by atoms with Crippen molar-refractivity contribution in [1.29, 1.82) is 5.26 Å². The van der Waals surface area contributed by atoms with Crippen LogP contribution in [-0.4, -0.2) is 8.42 Å². The molecule has 68 valence electrons. The zero-order chi connectivity index (χ0) is 10.1. The SMILES string of the molecule is N#Cc1c(Br)cccc1S(=O)(=O)Cl. The van der Waals surface area contributed by atoms with E-state index in [-0.39, 0.29) is 10.5 Å². The zero-order valence-corrected chi connectivity index (χ0v) is 9.32. The molecule has 1 aromatic carbocycles. The van der Waals surface area contributed by atoms with E-state index in [1.54, 1.807) is 12.1 Å². The molecule has 0 N–H and O–H groups in total. The normalized spacial score (nSPS) is 10.8. The monoisotopic (exact) mass is 279 g/mol. The standard InChI is InChI=1S/C7H3BrClNO2S/c8-6-2-1-3-7(5(6)4-10)13(9,11)12/h1-3H. The molecule has 3 nitrogen and oxygen atoms in total. The smallest absolute Gasteiger partial charge is 0.207 e. The van der Waals surface area contributed by atoms with Crippen LogP contribution in [0.2, 0.25) is 0 Å². The number of rotatable bonds is 1. The summed E-state index contributed by atoms with van der Waals surface area (Å²) in [6, 6.07) is 6.12. The predicted octanol–water partition coefficient (Wildman–Crippen LogP) is 2.25. The van der Waals surface area contributed by atoms with Crippen LogP contribution in [0.1, 0.15) is 5.56 Å². The molecule has 0 saturated carbocycles. The molecule has 0 bridgehead atoms. The highest BCUT2D eigenvalue weighted by Crippen LogP contribution is 2.25. The predicted molar refractivity (Wildman–Crippen MR) is 51.9 cm³/mol. The Kier molecular flexibility index (Phi) is 2.96. The first-order valence-electron chi connectivity index (χ1n) is 3.10. The second kappa shape index (κ2) is 3.66. The van der Waals surface area contributed by atoms with Crippen LogP contribution in [0.5, 0.6) is 0 Å². The largest absolute Gasteiger partial charge is 0.262 e. The van der Waals surface area contributed by atoms with E-state index in [2.05, 4.69) is 15.9 Å². The number of nitrogens with zero attached hydrogens (tertiary/aromatic N) is 1. The Balaban J connectivity index is 3.59. The van der Waals surface area contributed by atoms with Gasteiger partial charge in [-0.05, 0) is 28.1 Å². The Hall–Kier alpha value is -0.570. The van der Waals surface area contributed by atoms with Gasteiger partial charge in [-0.15, -0.1) is 0 Å². The van der Waals surface area contributed by atoms with E-state index in [9.17, 15) is 8.42 Å². The van der Waals surface area contributed by atoms with Crippen LogP contribution in [0.25, 0.3) is 0 Å². The third-order valence-corrected chi connectivity index (χ3v) is 3.37. The first-order valence-corrected chi connectivity index (χ1v) is 6.20. The van der Waals surface area contributed by atoms with Gasteiger partial charge < -0.3 is 0 Å². The van der Waals surface area contributed by atoms with E-state index in [4.69, 9.17) is 15.9 Å². The van der Waals surface area contributed by atoms with E-state index < -0.39 is 9.05 Å². The Labute approximate surface area is 88.5 Å². The fourth-order valence-electron chi connectivity index (χ4n) is 0.816. The van der Waals surface area contributed by atoms with Gasteiger partial charge in [-0.3, -0.25) is 0 Å². The number of halogens is 2. The van der Waals surface area contributed by atoms with Crippen LogP contribution in [0.3, 0.4) is 0 Å². The van der Waals surface area contributed by atoms with Crippen LogP contribution in [-0.2, 0) is 9.05 Å². The summed E-state index contributed by atoms with van der Waals surface area (Å²) < 4.78 is 22.3. The molecule has 6 heteroatoms. The van der Waals surface area contributed by atoms with E-state index in [0.717, 1.165) is 0 Å². The van der Waals surface area contributed by atoms with Gasteiger partial charge in [0, 0.05) is 15.2 Å². The molecule has 0 aromatic heterocycles. The van der Waals surface area contributed by atoms with Crippen molar-refractivity contribution in [2.24, 2.45) is 0 Å². The molecule has 0 fully saturated rings. The number of nitriles is 1. The lowest BCUT2D eigenvalue weighted by Crippen LogP contribution is -1.95. The lowest BCUT2D eigenvalue weighted by atomic mass is 10.2. The Bertz CT molecular complexity index is 478.